The minimum absolute atomic E-state index is 0.102. The maximum Gasteiger partial charge on any atom is 0.229 e. The number of hydrogen-bond acceptors (Lipinski definition) is 3. The third kappa shape index (κ3) is 2.71. The normalized spacial score (nSPS) is 21.8. The number of likely N-dealkylation sites (tertiary alicyclic amines) is 1. The minimum Gasteiger partial charge on any atom is -0.328 e. The van der Waals surface area contributed by atoms with E-state index < -0.39 is 17.8 Å². The highest BCUT2D eigenvalue weighted by Crippen LogP contribution is 2.23. The maximum atomic E-state index is 13.4. The number of hydrogen-bond donors (Lipinski definition) is 1. The Labute approximate surface area is 109 Å². The van der Waals surface area contributed by atoms with E-state index in [1.165, 1.54) is 23.1 Å². The number of carbonyl (C=O) groups is 2. The summed E-state index contributed by atoms with van der Waals surface area (Å²) in [5.41, 5.74) is 0.102. The molecule has 1 saturated heterocycles. The van der Waals surface area contributed by atoms with Gasteiger partial charge >= 0.3 is 0 Å². The van der Waals surface area contributed by atoms with Gasteiger partial charge in [-0.15, -0.1) is 0 Å². The van der Waals surface area contributed by atoms with Crippen molar-refractivity contribution in [3.63, 3.8) is 0 Å². The first-order valence-corrected chi connectivity index (χ1v) is 5.81. The van der Waals surface area contributed by atoms with Crippen molar-refractivity contribution in [1.29, 1.82) is 5.26 Å². The van der Waals surface area contributed by atoms with Crippen molar-refractivity contribution in [2.24, 2.45) is 5.92 Å². The molecule has 2 rings (SSSR count). The Kier molecular flexibility index (Phi) is 3.76. The number of benzene rings is 1. The van der Waals surface area contributed by atoms with E-state index in [4.69, 9.17) is 5.26 Å². The second-order valence-corrected chi connectivity index (χ2v) is 4.35. The summed E-state index contributed by atoms with van der Waals surface area (Å²) in [6.07, 6.45) is 0.833. The smallest absolute Gasteiger partial charge is 0.229 e. The van der Waals surface area contributed by atoms with Gasteiger partial charge in [0.2, 0.25) is 12.3 Å². The zero-order chi connectivity index (χ0) is 13.8. The number of amides is 2. The molecule has 0 spiro atoms. The average Bonchev–Trinajstić information content (AvgIpc) is 2.84. The van der Waals surface area contributed by atoms with Crippen molar-refractivity contribution < 1.29 is 14.0 Å². The Morgan fingerprint density at radius 3 is 2.84 bits per heavy atom. The summed E-state index contributed by atoms with van der Waals surface area (Å²) < 4.78 is 13.4. The van der Waals surface area contributed by atoms with Gasteiger partial charge in [0.05, 0.1) is 17.7 Å². The Balaban J connectivity index is 2.04. The summed E-state index contributed by atoms with van der Waals surface area (Å²) in [4.78, 5) is 24.0. The summed E-state index contributed by atoms with van der Waals surface area (Å²) in [6.45, 7) is 0.183. The summed E-state index contributed by atoms with van der Waals surface area (Å²) in [6, 6.07) is 7.23. The van der Waals surface area contributed by atoms with Crippen molar-refractivity contribution in [2.45, 2.75) is 12.5 Å². The van der Waals surface area contributed by atoms with Gasteiger partial charge in [-0.3, -0.25) is 9.59 Å². The van der Waals surface area contributed by atoms with Crippen LogP contribution in [0.15, 0.2) is 24.3 Å². The molecule has 0 saturated carbocycles. The molecule has 0 aliphatic carbocycles. The second kappa shape index (κ2) is 5.48. The monoisotopic (exact) mass is 261 g/mol. The van der Waals surface area contributed by atoms with Crippen LogP contribution >= 0.6 is 0 Å². The third-order valence-electron chi connectivity index (χ3n) is 3.13. The third-order valence-corrected chi connectivity index (χ3v) is 3.13. The lowest BCUT2D eigenvalue weighted by Crippen LogP contribution is -2.28. The van der Waals surface area contributed by atoms with Crippen LogP contribution in [-0.4, -0.2) is 29.8 Å². The van der Waals surface area contributed by atoms with Crippen LogP contribution in [-0.2, 0) is 9.59 Å². The summed E-state index contributed by atoms with van der Waals surface area (Å²) >= 11 is 0. The van der Waals surface area contributed by atoms with Gasteiger partial charge in [-0.05, 0) is 18.6 Å². The van der Waals surface area contributed by atoms with Crippen LogP contribution in [0.3, 0.4) is 0 Å². The number of nitrogens with one attached hydrogen (secondary N) is 1. The van der Waals surface area contributed by atoms with Gasteiger partial charge < -0.3 is 10.2 Å². The van der Waals surface area contributed by atoms with E-state index >= 15 is 0 Å². The molecule has 1 unspecified atom stereocenters. The van der Waals surface area contributed by atoms with Crippen molar-refractivity contribution in [1.82, 2.24) is 4.90 Å². The number of para-hydroxylation sites is 1. The first-order valence-electron chi connectivity index (χ1n) is 5.81. The highest BCUT2D eigenvalue weighted by atomic mass is 19.1. The van der Waals surface area contributed by atoms with E-state index in [1.807, 2.05) is 6.07 Å². The average molecular weight is 261 g/mol. The molecule has 1 aliphatic heterocycles. The van der Waals surface area contributed by atoms with E-state index in [9.17, 15) is 14.0 Å². The first kappa shape index (κ1) is 13.0. The molecule has 6 heteroatoms. The van der Waals surface area contributed by atoms with Crippen molar-refractivity contribution in [3.8, 4) is 6.07 Å². The fourth-order valence-corrected chi connectivity index (χ4v) is 2.09. The lowest BCUT2D eigenvalue weighted by atomic mass is 10.1. The van der Waals surface area contributed by atoms with E-state index in [1.54, 1.807) is 6.07 Å². The molecule has 1 aromatic carbocycles. The quantitative estimate of drug-likeness (QED) is 0.829. The molecule has 5 nitrogen and oxygen atoms in total. The van der Waals surface area contributed by atoms with Crippen molar-refractivity contribution in [3.05, 3.63) is 30.1 Å². The fraction of sp³-hybridized carbons (Fsp3) is 0.308. The molecule has 1 fully saturated rings. The first-order chi connectivity index (χ1) is 9.15. The zero-order valence-corrected chi connectivity index (χ0v) is 10.0. The van der Waals surface area contributed by atoms with Gasteiger partial charge in [-0.2, -0.15) is 5.26 Å². The van der Waals surface area contributed by atoms with Gasteiger partial charge in [0.15, 0.2) is 0 Å². The summed E-state index contributed by atoms with van der Waals surface area (Å²) in [7, 11) is 0. The van der Waals surface area contributed by atoms with E-state index in [0.29, 0.717) is 6.41 Å². The summed E-state index contributed by atoms with van der Waals surface area (Å²) in [5, 5.41) is 11.3. The largest absolute Gasteiger partial charge is 0.328 e. The Bertz CT molecular complexity index is 541. The van der Waals surface area contributed by atoms with Gasteiger partial charge in [0.25, 0.3) is 0 Å². The molecule has 0 aromatic heterocycles. The maximum absolute atomic E-state index is 13.4. The molecule has 19 heavy (non-hydrogen) atoms. The number of nitrogens with zero attached hydrogens (tertiary/aromatic N) is 2. The van der Waals surface area contributed by atoms with Crippen LogP contribution in [0.5, 0.6) is 0 Å². The minimum atomic E-state index is -0.589. The molecule has 2 amide bonds. The number of rotatable bonds is 3. The molecular formula is C13H12FN3O2. The van der Waals surface area contributed by atoms with Crippen LogP contribution in [0.1, 0.15) is 6.42 Å². The van der Waals surface area contributed by atoms with E-state index in [-0.39, 0.29) is 24.6 Å². The van der Waals surface area contributed by atoms with Crippen LogP contribution in [0.4, 0.5) is 10.1 Å². The predicted octanol–water partition coefficient (Wildman–Crippen LogP) is 1.13. The molecular weight excluding hydrogens is 249 g/mol. The Morgan fingerprint density at radius 2 is 2.26 bits per heavy atom. The standard InChI is InChI=1S/C13H12FN3O2/c14-11-3-1-2-4-12(11)16-13(19)9-5-10(6-15)17(7-9)8-18/h1-4,8-10H,5,7H2,(H,16,19)/t9?,10-/m0/s1. The topological polar surface area (TPSA) is 73.2 Å². The molecule has 1 aliphatic rings. The molecule has 1 heterocycles. The molecule has 0 bridgehead atoms. The second-order valence-electron chi connectivity index (χ2n) is 4.35. The van der Waals surface area contributed by atoms with Gasteiger partial charge in [-0.25, -0.2) is 4.39 Å². The van der Waals surface area contributed by atoms with Crippen LogP contribution in [0, 0.1) is 23.1 Å². The van der Waals surface area contributed by atoms with Crippen LogP contribution < -0.4 is 5.32 Å². The van der Waals surface area contributed by atoms with Crippen LogP contribution in [0.25, 0.3) is 0 Å². The van der Waals surface area contributed by atoms with Gasteiger partial charge in [-0.1, -0.05) is 12.1 Å². The van der Waals surface area contributed by atoms with E-state index in [2.05, 4.69) is 5.32 Å². The van der Waals surface area contributed by atoms with Crippen LogP contribution in [0.2, 0.25) is 0 Å². The number of anilines is 1. The summed E-state index contributed by atoms with van der Waals surface area (Å²) in [5.74, 6) is -1.39. The Hall–Kier alpha value is -2.42. The highest BCUT2D eigenvalue weighted by molar-refractivity contribution is 5.93. The lowest BCUT2D eigenvalue weighted by Gasteiger charge is -2.12. The van der Waals surface area contributed by atoms with Crippen molar-refractivity contribution >= 4 is 18.0 Å². The molecule has 1 aromatic rings. The molecule has 1 N–H and O–H groups in total. The number of halogens is 1. The predicted molar refractivity (Wildman–Crippen MR) is 65.3 cm³/mol. The molecule has 2 atom stereocenters. The Morgan fingerprint density at radius 1 is 1.53 bits per heavy atom. The number of nitriles is 1. The molecule has 0 radical (unpaired) electrons. The fourth-order valence-electron chi connectivity index (χ4n) is 2.09. The SMILES string of the molecule is N#C[C@@H]1CC(C(=O)Nc2ccccc2F)CN1C=O. The number of carbonyl (C=O) groups excluding carboxylic acids is 2. The lowest BCUT2D eigenvalue weighted by molar-refractivity contribution is -0.120. The van der Waals surface area contributed by atoms with Gasteiger partial charge in [0, 0.05) is 6.54 Å². The van der Waals surface area contributed by atoms with E-state index in [0.717, 1.165) is 0 Å². The van der Waals surface area contributed by atoms with Gasteiger partial charge in [0.1, 0.15) is 11.9 Å². The molecule has 98 valence electrons. The zero-order valence-electron chi connectivity index (χ0n) is 10.0. The van der Waals surface area contributed by atoms with Crippen molar-refractivity contribution in [2.75, 3.05) is 11.9 Å². The highest BCUT2D eigenvalue weighted by Gasteiger charge is 2.35.